The summed E-state index contributed by atoms with van der Waals surface area (Å²) < 4.78 is 60.1. The molecule has 0 radical (unpaired) electrons. The number of carbonyl (C=O) groups is 1. The Hall–Kier alpha value is -3.81. The summed E-state index contributed by atoms with van der Waals surface area (Å²) in [6.45, 7) is 2.31. The van der Waals surface area contributed by atoms with E-state index in [-0.39, 0.29) is 23.8 Å². The number of halogens is 2. The highest BCUT2D eigenvalue weighted by Gasteiger charge is 2.54. The average molecular weight is 611 g/mol. The molecule has 10 rings (SSSR count). The molecule has 8 heterocycles. The van der Waals surface area contributed by atoms with Crippen LogP contribution in [0.25, 0.3) is 16.9 Å². The number of benzene rings is 1. The molecule has 6 aliphatic heterocycles. The molecule has 7 aliphatic rings. The summed E-state index contributed by atoms with van der Waals surface area (Å²) in [6, 6.07) is 9.04. The molecule has 3 aromatic rings. The zero-order chi connectivity index (χ0) is 29.6. The van der Waals surface area contributed by atoms with Crippen LogP contribution in [0.2, 0.25) is 0 Å². The Balaban J connectivity index is 1.20. The first kappa shape index (κ1) is 26.8. The van der Waals surface area contributed by atoms with Gasteiger partial charge in [-0.15, -0.1) is 5.10 Å². The number of carbonyl (C=O) groups excluding carboxylic acids is 1. The third-order valence-electron chi connectivity index (χ3n) is 9.76. The number of rotatable bonds is 3. The van der Waals surface area contributed by atoms with E-state index in [4.69, 9.17) is 0 Å². The summed E-state index contributed by atoms with van der Waals surface area (Å²) in [5.41, 5.74) is 3.28. The van der Waals surface area contributed by atoms with Gasteiger partial charge in [-0.3, -0.25) is 9.52 Å². The first-order valence-electron chi connectivity index (χ1n) is 14.8. The maximum Gasteiger partial charge on any atom is 0.263 e. The van der Waals surface area contributed by atoms with Gasteiger partial charge in [0, 0.05) is 62.9 Å². The van der Waals surface area contributed by atoms with Gasteiger partial charge in [-0.25, -0.2) is 26.9 Å². The number of pyridine rings is 1. The molecule has 3 saturated heterocycles. The second-order valence-corrected chi connectivity index (χ2v) is 14.7. The molecule has 226 valence electrons. The van der Waals surface area contributed by atoms with Gasteiger partial charge in [-0.2, -0.15) is 0 Å². The molecule has 2 aromatic heterocycles. The highest BCUT2D eigenvalue weighted by Crippen LogP contribution is 2.45. The number of piperidine rings is 2. The second kappa shape index (κ2) is 9.34. The third kappa shape index (κ3) is 4.61. The highest BCUT2D eigenvalue weighted by molar-refractivity contribution is 7.93. The van der Waals surface area contributed by atoms with Crippen molar-refractivity contribution in [2.75, 3.05) is 53.8 Å². The van der Waals surface area contributed by atoms with Gasteiger partial charge >= 0.3 is 0 Å². The largest absolute Gasteiger partial charge is 0.370 e. The molecule has 14 heteroatoms. The molecule has 11 nitrogen and oxygen atoms in total. The topological polar surface area (TPSA) is 117 Å². The second-order valence-electron chi connectivity index (χ2n) is 12.7. The summed E-state index contributed by atoms with van der Waals surface area (Å²) in [6.07, 6.45) is 5.93. The SMILES string of the molecule is O=C1C2CN(CCC2(F)F)c2cc(ccn2)-c2cn(nn2)-c2ccc(NS(=O)(=O)C3CC3)cc2N2CCC3(CC2)CN1C3. The molecule has 43 heavy (non-hydrogen) atoms. The molecule has 1 unspecified atom stereocenters. The van der Waals surface area contributed by atoms with Crippen molar-refractivity contribution >= 4 is 33.1 Å². The maximum atomic E-state index is 15.1. The summed E-state index contributed by atoms with van der Waals surface area (Å²) in [4.78, 5) is 23.5. The van der Waals surface area contributed by atoms with Crippen molar-refractivity contribution in [2.24, 2.45) is 11.3 Å². The fourth-order valence-electron chi connectivity index (χ4n) is 6.97. The van der Waals surface area contributed by atoms with E-state index in [2.05, 4.69) is 24.9 Å². The van der Waals surface area contributed by atoms with Gasteiger partial charge in [-0.05, 0) is 56.0 Å². The number of hydrogen-bond donors (Lipinski definition) is 1. The summed E-state index contributed by atoms with van der Waals surface area (Å²) >= 11 is 0. The molecule has 1 N–H and O–H groups in total. The van der Waals surface area contributed by atoms with Crippen molar-refractivity contribution in [3.05, 3.63) is 42.7 Å². The van der Waals surface area contributed by atoms with Crippen LogP contribution in [-0.4, -0.2) is 89.6 Å². The van der Waals surface area contributed by atoms with Gasteiger partial charge in [-0.1, -0.05) is 5.21 Å². The van der Waals surface area contributed by atoms with Crippen molar-refractivity contribution in [2.45, 2.75) is 43.3 Å². The van der Waals surface area contributed by atoms with E-state index >= 15 is 8.78 Å². The number of fused-ring (bicyclic) bond motifs is 1. The molecule has 1 spiro atoms. The van der Waals surface area contributed by atoms with Crippen LogP contribution in [0.1, 0.15) is 32.1 Å². The van der Waals surface area contributed by atoms with Crippen molar-refractivity contribution in [3.8, 4) is 16.9 Å². The number of aromatic nitrogens is 4. The first-order chi connectivity index (χ1) is 20.6. The lowest BCUT2D eigenvalue weighted by Gasteiger charge is -2.55. The zero-order valence-electron chi connectivity index (χ0n) is 23.5. The fraction of sp³-hybridized carbons (Fsp3) is 0.517. The van der Waals surface area contributed by atoms with Crippen LogP contribution in [-0.2, 0) is 14.8 Å². The Morgan fingerprint density at radius 3 is 2.47 bits per heavy atom. The lowest BCUT2D eigenvalue weighted by molar-refractivity contribution is -0.165. The Labute approximate surface area is 247 Å². The minimum absolute atomic E-state index is 0.0908. The molecular weight excluding hydrogens is 578 g/mol. The van der Waals surface area contributed by atoms with Crippen LogP contribution in [0.15, 0.2) is 42.7 Å². The van der Waals surface area contributed by atoms with Crippen molar-refractivity contribution in [1.29, 1.82) is 0 Å². The van der Waals surface area contributed by atoms with Crippen molar-refractivity contribution in [1.82, 2.24) is 24.9 Å². The Bertz CT molecular complexity index is 1710. The highest BCUT2D eigenvalue weighted by atomic mass is 32.2. The van der Waals surface area contributed by atoms with Gasteiger partial charge in [0.15, 0.2) is 0 Å². The Kier molecular flexibility index (Phi) is 5.82. The molecule has 1 amide bonds. The van der Waals surface area contributed by atoms with Crippen LogP contribution < -0.4 is 14.5 Å². The molecule has 1 aromatic carbocycles. The third-order valence-corrected chi connectivity index (χ3v) is 11.6. The molecule has 1 aliphatic carbocycles. The number of alkyl halides is 2. The standard InChI is InChI=1S/C29H32F2N8O3S/c30-29(31)8-12-37-15-22(29)27(40)38-17-28(18-38)6-10-36(11-7-28)25-14-20(34-43(41,42)21-2-3-21)1-4-24(25)39-16-23(33-35-39)19-5-9-32-26(37)13-19/h1,4-5,9,13-14,16,21-22,34H,2-3,6-8,10-12,15,17-18H2. The molecule has 1 atom stereocenters. The number of nitrogens with one attached hydrogen (secondary N) is 1. The van der Waals surface area contributed by atoms with Crippen LogP contribution in [0.3, 0.4) is 0 Å². The van der Waals surface area contributed by atoms with E-state index in [0.717, 1.165) is 29.8 Å². The first-order valence-corrected chi connectivity index (χ1v) is 16.4. The minimum atomic E-state index is -3.44. The Morgan fingerprint density at radius 2 is 1.70 bits per heavy atom. The quantitative estimate of drug-likeness (QED) is 0.481. The van der Waals surface area contributed by atoms with Gasteiger partial charge in [0.25, 0.3) is 5.92 Å². The molecule has 1 saturated carbocycles. The van der Waals surface area contributed by atoms with Crippen LogP contribution >= 0.6 is 0 Å². The van der Waals surface area contributed by atoms with Gasteiger partial charge in [0.1, 0.15) is 17.4 Å². The number of nitrogens with zero attached hydrogens (tertiary/aromatic N) is 7. The normalized spacial score (nSPS) is 26.3. The number of amides is 1. The van der Waals surface area contributed by atoms with Crippen LogP contribution in [0.5, 0.6) is 0 Å². The summed E-state index contributed by atoms with van der Waals surface area (Å²) in [5.74, 6) is -4.47. The predicted octanol–water partition coefficient (Wildman–Crippen LogP) is 3.14. The smallest absolute Gasteiger partial charge is 0.263 e. The van der Waals surface area contributed by atoms with Crippen LogP contribution in [0.4, 0.5) is 26.0 Å². The molecule has 9 bridgehead atoms. The van der Waals surface area contributed by atoms with E-state index in [0.29, 0.717) is 56.2 Å². The van der Waals surface area contributed by atoms with E-state index in [1.165, 1.54) is 0 Å². The van der Waals surface area contributed by atoms with Crippen molar-refractivity contribution in [3.63, 3.8) is 0 Å². The van der Waals surface area contributed by atoms with E-state index in [9.17, 15) is 13.2 Å². The molecular formula is C29H32F2N8O3S. The van der Waals surface area contributed by atoms with Crippen molar-refractivity contribution < 1.29 is 22.0 Å². The predicted molar refractivity (Wildman–Crippen MR) is 156 cm³/mol. The summed E-state index contributed by atoms with van der Waals surface area (Å²) in [7, 11) is -3.44. The fourth-order valence-corrected chi connectivity index (χ4v) is 8.35. The lowest BCUT2D eigenvalue weighted by atomic mass is 9.71. The monoisotopic (exact) mass is 610 g/mol. The van der Waals surface area contributed by atoms with E-state index in [1.807, 2.05) is 12.1 Å². The lowest BCUT2D eigenvalue weighted by Crippen LogP contribution is -2.65. The van der Waals surface area contributed by atoms with E-state index < -0.39 is 34.2 Å². The Morgan fingerprint density at radius 1 is 0.930 bits per heavy atom. The number of anilines is 3. The summed E-state index contributed by atoms with van der Waals surface area (Å²) in [5, 5.41) is 8.49. The van der Waals surface area contributed by atoms with Gasteiger partial charge in [0.05, 0.1) is 28.5 Å². The molecule has 4 fully saturated rings. The van der Waals surface area contributed by atoms with Crippen LogP contribution in [0, 0.1) is 11.3 Å². The van der Waals surface area contributed by atoms with Gasteiger partial charge in [0.2, 0.25) is 15.9 Å². The number of sulfonamides is 1. The maximum absolute atomic E-state index is 15.1. The van der Waals surface area contributed by atoms with Gasteiger partial charge < -0.3 is 14.7 Å². The average Bonchev–Trinajstić information content (AvgIpc) is 3.73. The van der Waals surface area contributed by atoms with E-state index in [1.54, 1.807) is 45.1 Å². The number of hydrogen-bond acceptors (Lipinski definition) is 8. The zero-order valence-corrected chi connectivity index (χ0v) is 24.3. The minimum Gasteiger partial charge on any atom is -0.370 e.